The van der Waals surface area contributed by atoms with Gasteiger partial charge in [-0.25, -0.2) is 0 Å². The average Bonchev–Trinajstić information content (AvgIpc) is 3.45. The van der Waals surface area contributed by atoms with E-state index in [9.17, 15) is 4.79 Å². The predicted octanol–water partition coefficient (Wildman–Crippen LogP) is 5.48. The van der Waals surface area contributed by atoms with Crippen molar-refractivity contribution in [3.8, 4) is 11.5 Å². The van der Waals surface area contributed by atoms with E-state index in [1.165, 1.54) is 34.2 Å². The molecule has 0 spiro atoms. The van der Waals surface area contributed by atoms with Crippen molar-refractivity contribution in [2.75, 3.05) is 6.79 Å². The van der Waals surface area contributed by atoms with Gasteiger partial charge in [-0.2, -0.15) is 0 Å². The van der Waals surface area contributed by atoms with E-state index in [-0.39, 0.29) is 18.0 Å². The molecule has 0 bridgehead atoms. The molecular formula is C23H25N3O3S3. The van der Waals surface area contributed by atoms with Gasteiger partial charge in [0.05, 0.1) is 5.25 Å². The highest BCUT2D eigenvalue weighted by Crippen LogP contribution is 2.34. The number of aromatic nitrogens is 2. The van der Waals surface area contributed by atoms with Crippen LogP contribution in [0.5, 0.6) is 11.5 Å². The fourth-order valence-corrected chi connectivity index (χ4v) is 6.18. The lowest BCUT2D eigenvalue weighted by Gasteiger charge is -2.10. The zero-order chi connectivity index (χ0) is 22.5. The van der Waals surface area contributed by atoms with E-state index in [1.54, 1.807) is 11.8 Å². The van der Waals surface area contributed by atoms with E-state index in [2.05, 4.69) is 53.6 Å². The molecule has 1 unspecified atom stereocenters. The zero-order valence-corrected chi connectivity index (χ0v) is 20.6. The fraction of sp³-hybridized carbons (Fsp3) is 0.348. The summed E-state index contributed by atoms with van der Waals surface area (Å²) in [5.41, 5.74) is 3.58. The molecule has 0 radical (unpaired) electrons. The van der Waals surface area contributed by atoms with Crippen LogP contribution in [0.25, 0.3) is 0 Å². The number of hydrogen-bond acceptors (Lipinski definition) is 8. The van der Waals surface area contributed by atoms with Crippen molar-refractivity contribution in [3.05, 3.63) is 59.2 Å². The van der Waals surface area contributed by atoms with Crippen LogP contribution in [0.3, 0.4) is 0 Å². The maximum absolute atomic E-state index is 12.5. The lowest BCUT2D eigenvalue weighted by molar-refractivity contribution is -0.120. The van der Waals surface area contributed by atoms with Crippen molar-refractivity contribution in [2.45, 2.75) is 52.9 Å². The summed E-state index contributed by atoms with van der Waals surface area (Å²) < 4.78 is 12.4. The Morgan fingerprint density at radius 3 is 2.53 bits per heavy atom. The second-order valence-electron chi connectivity index (χ2n) is 7.68. The van der Waals surface area contributed by atoms with Crippen LogP contribution in [0.1, 0.15) is 43.4 Å². The van der Waals surface area contributed by atoms with Gasteiger partial charge in [-0.05, 0) is 41.7 Å². The number of hydrogen-bond donors (Lipinski definition) is 1. The van der Waals surface area contributed by atoms with Crippen LogP contribution < -0.4 is 14.8 Å². The first-order valence-electron chi connectivity index (χ1n) is 10.4. The molecule has 0 aliphatic carbocycles. The zero-order valence-electron chi connectivity index (χ0n) is 18.2. The van der Waals surface area contributed by atoms with E-state index < -0.39 is 0 Å². The van der Waals surface area contributed by atoms with Crippen molar-refractivity contribution in [3.63, 3.8) is 0 Å². The number of thioether (sulfide) groups is 2. The third kappa shape index (κ3) is 5.96. The van der Waals surface area contributed by atoms with Crippen LogP contribution in [0.15, 0.2) is 51.1 Å². The summed E-state index contributed by atoms with van der Waals surface area (Å²) >= 11 is 4.63. The van der Waals surface area contributed by atoms with Gasteiger partial charge in [-0.1, -0.05) is 79.0 Å². The Bertz CT molecular complexity index is 1070. The summed E-state index contributed by atoms with van der Waals surface area (Å²) in [6.45, 7) is 6.95. The first-order chi connectivity index (χ1) is 15.5. The number of ether oxygens (including phenoxy) is 2. The SMILES string of the molecule is CC(Sc1nnc(SCc2ccc(C(C)C)cc2)s1)C(=O)NCc1ccc2c(c1)OCO2. The number of benzene rings is 2. The molecule has 168 valence electrons. The Hall–Kier alpha value is -2.23. The summed E-state index contributed by atoms with van der Waals surface area (Å²) in [5, 5.41) is 11.2. The number of nitrogens with one attached hydrogen (secondary N) is 1. The largest absolute Gasteiger partial charge is 0.454 e. The van der Waals surface area contributed by atoms with Gasteiger partial charge in [0.2, 0.25) is 12.7 Å². The van der Waals surface area contributed by atoms with Gasteiger partial charge in [0.15, 0.2) is 20.2 Å². The summed E-state index contributed by atoms with van der Waals surface area (Å²) in [6.07, 6.45) is 0. The molecule has 1 aliphatic heterocycles. The third-order valence-electron chi connectivity index (χ3n) is 4.95. The molecule has 1 N–H and O–H groups in total. The molecule has 6 nitrogen and oxygen atoms in total. The van der Waals surface area contributed by atoms with E-state index in [4.69, 9.17) is 9.47 Å². The summed E-state index contributed by atoms with van der Waals surface area (Å²) in [6, 6.07) is 14.4. The molecule has 3 aromatic rings. The molecule has 0 saturated heterocycles. The van der Waals surface area contributed by atoms with Crippen molar-refractivity contribution in [2.24, 2.45) is 0 Å². The van der Waals surface area contributed by atoms with Gasteiger partial charge in [0.25, 0.3) is 0 Å². The van der Waals surface area contributed by atoms with Gasteiger partial charge >= 0.3 is 0 Å². The molecule has 1 atom stereocenters. The smallest absolute Gasteiger partial charge is 0.233 e. The second-order valence-corrected chi connectivity index (χ2v) is 11.5. The lowest BCUT2D eigenvalue weighted by atomic mass is 10.0. The van der Waals surface area contributed by atoms with E-state index in [1.807, 2.05) is 25.1 Å². The van der Waals surface area contributed by atoms with E-state index >= 15 is 0 Å². The fourth-order valence-electron chi connectivity index (χ4n) is 3.04. The maximum Gasteiger partial charge on any atom is 0.233 e. The number of nitrogens with zero attached hydrogens (tertiary/aromatic N) is 2. The minimum atomic E-state index is -0.265. The van der Waals surface area contributed by atoms with Crippen molar-refractivity contribution < 1.29 is 14.3 Å². The highest BCUT2D eigenvalue weighted by atomic mass is 32.2. The Balaban J connectivity index is 1.23. The van der Waals surface area contributed by atoms with Crippen molar-refractivity contribution in [1.29, 1.82) is 0 Å². The molecule has 1 amide bonds. The highest BCUT2D eigenvalue weighted by molar-refractivity contribution is 8.03. The van der Waals surface area contributed by atoms with Gasteiger partial charge in [0.1, 0.15) is 0 Å². The minimum Gasteiger partial charge on any atom is -0.454 e. The minimum absolute atomic E-state index is 0.0395. The molecule has 1 aliphatic rings. The summed E-state index contributed by atoms with van der Waals surface area (Å²) in [4.78, 5) is 12.5. The first kappa shape index (κ1) is 22.9. The Morgan fingerprint density at radius 2 is 1.75 bits per heavy atom. The molecule has 9 heteroatoms. The molecule has 2 heterocycles. The van der Waals surface area contributed by atoms with Crippen LogP contribution in [0, 0.1) is 0 Å². The first-order valence-corrected chi connectivity index (χ1v) is 13.0. The molecule has 4 rings (SSSR count). The van der Waals surface area contributed by atoms with Crippen LogP contribution >= 0.6 is 34.9 Å². The predicted molar refractivity (Wildman–Crippen MR) is 130 cm³/mol. The summed E-state index contributed by atoms with van der Waals surface area (Å²) in [7, 11) is 0. The normalized spacial score (nSPS) is 13.4. The van der Waals surface area contributed by atoms with Gasteiger partial charge in [0, 0.05) is 12.3 Å². The maximum atomic E-state index is 12.5. The van der Waals surface area contributed by atoms with Crippen molar-refractivity contribution >= 4 is 40.8 Å². The number of rotatable bonds is 9. The lowest BCUT2D eigenvalue weighted by Crippen LogP contribution is -2.30. The number of carbonyl (C=O) groups excluding carboxylic acids is 1. The molecule has 0 saturated carbocycles. The third-order valence-corrected chi connectivity index (χ3v) is 8.26. The Labute approximate surface area is 200 Å². The molecular weight excluding hydrogens is 462 g/mol. The van der Waals surface area contributed by atoms with Gasteiger partial charge < -0.3 is 14.8 Å². The van der Waals surface area contributed by atoms with E-state index in [0.29, 0.717) is 18.2 Å². The number of amides is 1. The van der Waals surface area contributed by atoms with Crippen molar-refractivity contribution in [1.82, 2.24) is 15.5 Å². The van der Waals surface area contributed by atoms with Gasteiger partial charge in [-0.3, -0.25) is 4.79 Å². The monoisotopic (exact) mass is 487 g/mol. The van der Waals surface area contributed by atoms with Gasteiger partial charge in [-0.15, -0.1) is 10.2 Å². The Morgan fingerprint density at radius 1 is 1.03 bits per heavy atom. The van der Waals surface area contributed by atoms with Crippen LogP contribution in [0.2, 0.25) is 0 Å². The van der Waals surface area contributed by atoms with Crippen LogP contribution in [-0.4, -0.2) is 28.1 Å². The quantitative estimate of drug-likeness (QED) is 0.401. The highest BCUT2D eigenvalue weighted by Gasteiger charge is 2.18. The molecule has 0 fully saturated rings. The second kappa shape index (κ2) is 10.6. The molecule has 1 aromatic heterocycles. The molecule has 2 aromatic carbocycles. The molecule has 32 heavy (non-hydrogen) atoms. The standard InChI is InChI=1S/C23H25N3O3S3/c1-14(2)18-7-4-16(5-8-18)12-30-22-25-26-23(32-22)31-15(3)21(27)24-11-17-6-9-19-20(10-17)29-13-28-19/h4-10,14-15H,11-13H2,1-3H3,(H,24,27). The van der Waals surface area contributed by atoms with Crippen LogP contribution in [0.4, 0.5) is 0 Å². The van der Waals surface area contributed by atoms with E-state index in [0.717, 1.165) is 25.7 Å². The number of carbonyl (C=O) groups is 1. The average molecular weight is 488 g/mol. The Kier molecular flexibility index (Phi) is 7.59. The van der Waals surface area contributed by atoms with Crippen LogP contribution in [-0.2, 0) is 17.1 Å². The number of fused-ring (bicyclic) bond motifs is 1. The topological polar surface area (TPSA) is 73.3 Å². The summed E-state index contributed by atoms with van der Waals surface area (Å²) in [5.74, 6) is 2.80.